The first-order valence-electron chi connectivity index (χ1n) is 19.9. The number of benzene rings is 9. The molecular weight excluding hydrogens is 741 g/mol. The molecule has 59 heavy (non-hydrogen) atoms. The Morgan fingerprint density at radius 2 is 1.25 bits per heavy atom. The summed E-state index contributed by atoms with van der Waals surface area (Å²) in [4.78, 5) is 10.7. The zero-order chi connectivity index (χ0) is 38.6. The summed E-state index contributed by atoms with van der Waals surface area (Å²) in [6.07, 6.45) is -0.427. The second kappa shape index (κ2) is 12.5. The van der Waals surface area contributed by atoms with Crippen molar-refractivity contribution in [3.8, 4) is 5.69 Å². The Kier molecular flexibility index (Phi) is 6.88. The highest BCUT2D eigenvalue weighted by atomic mass is 32.1. The van der Waals surface area contributed by atoms with Gasteiger partial charge in [-0.2, -0.15) is 0 Å². The van der Waals surface area contributed by atoms with Gasteiger partial charge in [0.2, 0.25) is 0 Å². The highest BCUT2D eigenvalue weighted by molar-refractivity contribution is 7.25. The van der Waals surface area contributed by atoms with E-state index in [1.807, 2.05) is 17.4 Å². The van der Waals surface area contributed by atoms with Crippen LogP contribution in [0.15, 0.2) is 196 Å². The molecule has 0 saturated carbocycles. The van der Waals surface area contributed by atoms with E-state index in [-0.39, 0.29) is 0 Å². The van der Waals surface area contributed by atoms with Crippen LogP contribution < -0.4 is 5.32 Å². The first kappa shape index (κ1) is 32.5. The number of para-hydroxylation sites is 1. The number of hydrogen-bond acceptors (Lipinski definition) is 5. The summed E-state index contributed by atoms with van der Waals surface area (Å²) in [6, 6.07) is 64.8. The first-order chi connectivity index (χ1) is 29.2. The fourth-order valence-corrected chi connectivity index (χ4v) is 10.6. The Balaban J connectivity index is 1.02. The van der Waals surface area contributed by atoms with Crippen molar-refractivity contribution in [1.82, 2.24) is 9.88 Å². The van der Waals surface area contributed by atoms with Gasteiger partial charge in [0.15, 0.2) is 5.84 Å². The lowest BCUT2D eigenvalue weighted by atomic mass is 9.97. The van der Waals surface area contributed by atoms with E-state index in [2.05, 4.69) is 186 Å². The summed E-state index contributed by atoms with van der Waals surface area (Å²) in [6.45, 7) is 0. The number of amidine groups is 2. The van der Waals surface area contributed by atoms with Crippen LogP contribution in [0.2, 0.25) is 0 Å². The van der Waals surface area contributed by atoms with Crippen molar-refractivity contribution in [1.29, 1.82) is 0 Å². The highest BCUT2D eigenvalue weighted by Gasteiger charge is 2.26. The van der Waals surface area contributed by atoms with Gasteiger partial charge < -0.3 is 14.3 Å². The number of nitrogens with zero attached hydrogens (tertiary/aromatic N) is 3. The minimum atomic E-state index is -0.427. The molecule has 0 radical (unpaired) electrons. The van der Waals surface area contributed by atoms with Crippen LogP contribution in [0.3, 0.4) is 0 Å². The van der Waals surface area contributed by atoms with Crippen LogP contribution in [-0.4, -0.2) is 16.2 Å². The Hall–Kier alpha value is -7.54. The van der Waals surface area contributed by atoms with E-state index in [0.29, 0.717) is 5.84 Å². The molecular formula is C53H32N4OS. The van der Waals surface area contributed by atoms with Gasteiger partial charge in [-0.25, -0.2) is 9.98 Å². The molecule has 0 bridgehead atoms. The van der Waals surface area contributed by atoms with Gasteiger partial charge in [0, 0.05) is 70.2 Å². The van der Waals surface area contributed by atoms with Crippen molar-refractivity contribution in [3.05, 3.63) is 199 Å². The highest BCUT2D eigenvalue weighted by Crippen LogP contribution is 2.43. The van der Waals surface area contributed by atoms with E-state index < -0.39 is 6.17 Å². The van der Waals surface area contributed by atoms with Crippen molar-refractivity contribution in [2.75, 3.05) is 0 Å². The lowest BCUT2D eigenvalue weighted by molar-refractivity contribution is 0.657. The molecule has 0 amide bonds. The minimum absolute atomic E-state index is 0.427. The molecule has 276 valence electrons. The van der Waals surface area contributed by atoms with Crippen LogP contribution in [0, 0.1) is 0 Å². The summed E-state index contributed by atoms with van der Waals surface area (Å²) in [5, 5.41) is 15.6. The van der Waals surface area contributed by atoms with Crippen molar-refractivity contribution >= 4 is 108 Å². The fourth-order valence-electron chi connectivity index (χ4n) is 9.47. The summed E-state index contributed by atoms with van der Waals surface area (Å²) < 4.78 is 11.8. The fraction of sp³-hybridized carbons (Fsp3) is 0.0189. The number of furan rings is 1. The van der Waals surface area contributed by atoms with E-state index in [1.54, 1.807) is 0 Å². The smallest absolute Gasteiger partial charge is 0.160 e. The Morgan fingerprint density at radius 1 is 0.508 bits per heavy atom. The van der Waals surface area contributed by atoms with E-state index in [4.69, 9.17) is 14.4 Å². The number of aliphatic imine (C=N–C) groups is 2. The molecule has 3 aromatic heterocycles. The topological polar surface area (TPSA) is 54.8 Å². The van der Waals surface area contributed by atoms with Gasteiger partial charge in [-0.15, -0.1) is 11.3 Å². The van der Waals surface area contributed by atoms with E-state index in [0.717, 1.165) is 60.9 Å². The number of thiophene rings is 1. The van der Waals surface area contributed by atoms with Gasteiger partial charge in [-0.05, 0) is 64.0 Å². The Morgan fingerprint density at radius 3 is 2.15 bits per heavy atom. The third-order valence-corrected chi connectivity index (χ3v) is 13.2. The van der Waals surface area contributed by atoms with Gasteiger partial charge in [-0.1, -0.05) is 133 Å². The molecule has 4 heterocycles. The summed E-state index contributed by atoms with van der Waals surface area (Å²) in [5.41, 5.74) is 8.14. The second-order valence-electron chi connectivity index (χ2n) is 15.3. The molecule has 13 rings (SSSR count). The molecule has 1 aliphatic heterocycles. The quantitative estimate of drug-likeness (QED) is 0.194. The maximum absolute atomic E-state index is 6.93. The average molecular weight is 773 g/mol. The first-order valence-corrected chi connectivity index (χ1v) is 20.8. The van der Waals surface area contributed by atoms with Crippen LogP contribution >= 0.6 is 11.3 Å². The molecule has 9 aromatic carbocycles. The van der Waals surface area contributed by atoms with Crippen LogP contribution in [0.1, 0.15) is 22.9 Å². The van der Waals surface area contributed by atoms with Crippen molar-refractivity contribution in [3.63, 3.8) is 0 Å². The molecule has 1 N–H and O–H groups in total. The number of fused-ring (bicyclic) bond motifs is 13. The molecule has 0 spiro atoms. The van der Waals surface area contributed by atoms with Gasteiger partial charge in [0.05, 0.1) is 11.0 Å². The van der Waals surface area contributed by atoms with Gasteiger partial charge in [0.25, 0.3) is 0 Å². The molecule has 1 unspecified atom stereocenters. The van der Waals surface area contributed by atoms with Crippen LogP contribution in [-0.2, 0) is 0 Å². The molecule has 0 aliphatic carbocycles. The van der Waals surface area contributed by atoms with Crippen LogP contribution in [0.5, 0.6) is 0 Å². The van der Waals surface area contributed by atoms with Gasteiger partial charge >= 0.3 is 0 Å². The molecule has 6 heteroatoms. The lowest BCUT2D eigenvalue weighted by Crippen LogP contribution is -2.33. The summed E-state index contributed by atoms with van der Waals surface area (Å²) in [7, 11) is 0. The maximum Gasteiger partial charge on any atom is 0.160 e. The van der Waals surface area contributed by atoms with E-state index in [9.17, 15) is 0 Å². The monoisotopic (exact) mass is 772 g/mol. The molecule has 5 nitrogen and oxygen atoms in total. The molecule has 1 aliphatic rings. The SMILES string of the molecule is c1ccc(C2=NC(c3cccc4sc5ccccc5c34)=NC(c3cc4oc5cc(-n6c7ccccc7c7c8ccccc8ccc76)ccc5c4c4ccccc34)N2)cc1. The Labute approximate surface area is 341 Å². The van der Waals surface area contributed by atoms with Crippen molar-refractivity contribution in [2.45, 2.75) is 6.17 Å². The van der Waals surface area contributed by atoms with Crippen LogP contribution in [0.25, 0.3) is 91.1 Å². The predicted octanol–water partition coefficient (Wildman–Crippen LogP) is 13.9. The minimum Gasteiger partial charge on any atom is -0.456 e. The number of rotatable bonds is 4. The number of aromatic nitrogens is 1. The molecule has 0 fully saturated rings. The zero-order valence-corrected chi connectivity index (χ0v) is 32.4. The van der Waals surface area contributed by atoms with Crippen LogP contribution in [0.4, 0.5) is 0 Å². The molecule has 1 atom stereocenters. The number of nitrogens with one attached hydrogen (secondary N) is 1. The molecule has 12 aromatic rings. The largest absolute Gasteiger partial charge is 0.456 e. The zero-order valence-electron chi connectivity index (χ0n) is 31.6. The molecule has 0 saturated heterocycles. The third-order valence-electron chi connectivity index (χ3n) is 12.0. The van der Waals surface area contributed by atoms with Gasteiger partial charge in [-0.3, -0.25) is 0 Å². The predicted molar refractivity (Wildman–Crippen MR) is 248 cm³/mol. The lowest BCUT2D eigenvalue weighted by Gasteiger charge is -2.25. The maximum atomic E-state index is 6.93. The third kappa shape index (κ3) is 4.84. The van der Waals surface area contributed by atoms with Crippen molar-refractivity contribution in [2.24, 2.45) is 9.98 Å². The van der Waals surface area contributed by atoms with E-state index in [1.165, 1.54) is 52.8 Å². The average Bonchev–Trinajstić information content (AvgIpc) is 3.98. The standard InChI is InChI=1S/C53H32N4OS/c1-2-14-32(15-3-1)51-54-52(40-21-12-24-47-50(40)39-20-9-11-23-46(39)59-47)56-53(55-51)41-30-45-49(36-18-7-6-17-35(36)41)38-27-26-33(29-44(38)58-45)57-42-22-10-8-19-37(42)48-34-16-5-4-13-31(34)25-28-43(48)57/h1-30,53H,(H,54,55,56). The second-order valence-corrected chi connectivity index (χ2v) is 16.4. The summed E-state index contributed by atoms with van der Waals surface area (Å²) >= 11 is 1.81. The Bertz CT molecular complexity index is 3780. The van der Waals surface area contributed by atoms with Crippen molar-refractivity contribution < 1.29 is 4.42 Å². The normalized spacial score (nSPS) is 14.6. The van der Waals surface area contributed by atoms with E-state index >= 15 is 0 Å². The van der Waals surface area contributed by atoms with Gasteiger partial charge in [0.1, 0.15) is 23.2 Å². The number of hydrogen-bond donors (Lipinski definition) is 1. The summed E-state index contributed by atoms with van der Waals surface area (Å²) in [5.74, 6) is 1.49.